The van der Waals surface area contributed by atoms with Crippen molar-refractivity contribution in [3.05, 3.63) is 150 Å². The summed E-state index contributed by atoms with van der Waals surface area (Å²) in [4.78, 5) is 62.8. The van der Waals surface area contributed by atoms with Crippen LogP contribution in [0.2, 0.25) is 0 Å². The molecule has 2 saturated heterocycles. The van der Waals surface area contributed by atoms with Gasteiger partial charge in [0, 0.05) is 31.3 Å². The van der Waals surface area contributed by atoms with Crippen LogP contribution >= 0.6 is 0 Å². The fraction of sp³-hybridized carbons (Fsp3) is 0.250. The fourth-order valence-electron chi connectivity index (χ4n) is 9.92. The maximum atomic E-state index is 15.4. The van der Waals surface area contributed by atoms with E-state index in [4.69, 9.17) is 4.74 Å². The number of hydrogen-bond donors (Lipinski definition) is 2. The number of phenolic OH excluding ortho intramolecular Hbond substituents is 1. The molecular weight excluding hydrogens is 757 g/mol. The monoisotopic (exact) mass is 800 g/mol. The number of nitrogens with one attached hydrogen (secondary N) is 1. The van der Waals surface area contributed by atoms with Gasteiger partial charge in [-0.3, -0.25) is 29.5 Å². The molecule has 12 nitrogen and oxygen atoms in total. The smallest absolute Gasteiger partial charge is 0.260 e. The third kappa shape index (κ3) is 6.04. The Morgan fingerprint density at radius 1 is 0.767 bits per heavy atom. The minimum Gasteiger partial charge on any atom is -0.508 e. The van der Waals surface area contributed by atoms with Crippen molar-refractivity contribution in [2.24, 2.45) is 33.9 Å². The summed E-state index contributed by atoms with van der Waals surface area (Å²) < 4.78 is 5.89. The van der Waals surface area contributed by atoms with Gasteiger partial charge in [0.2, 0.25) is 11.8 Å². The van der Waals surface area contributed by atoms with Gasteiger partial charge in [-0.05, 0) is 104 Å². The maximum absolute atomic E-state index is 15.4. The van der Waals surface area contributed by atoms with E-state index < -0.39 is 46.8 Å². The first-order valence-corrected chi connectivity index (χ1v) is 20.0. The fourth-order valence-corrected chi connectivity index (χ4v) is 9.92. The summed E-state index contributed by atoms with van der Waals surface area (Å²) >= 11 is 0. The van der Waals surface area contributed by atoms with E-state index in [0.717, 1.165) is 16.3 Å². The summed E-state index contributed by atoms with van der Waals surface area (Å²) in [6.45, 7) is 1.95. The molecule has 2 aliphatic carbocycles. The van der Waals surface area contributed by atoms with Crippen LogP contribution in [-0.2, 0) is 24.6 Å². The van der Waals surface area contributed by atoms with Gasteiger partial charge in [0.1, 0.15) is 11.5 Å². The average molecular weight is 801 g/mol. The number of aryl methyl sites for hydroxylation is 1. The summed E-state index contributed by atoms with van der Waals surface area (Å²) in [5.74, 6) is -5.49. The number of azo groups is 1. The standard InChI is InChI=1S/C48H44N6O6/c1-28-13-15-32(16-14-28)51-54-45(57)38-27-37-35(43(42-39(55)11-8-12-40(42)60-4)48(38,47(54)59)29-9-6-5-7-10-29)25-26-36-41(37)46(58)53(44(36)56)34-23-19-31(20-24-34)50-49-30-17-21-33(22-18-30)52(2)3/h5-25,36-38,41,43,51,55H,26-27H2,1-4H3/t36-,37+,38-,41-,43+,48+/m0/s1. The topological polar surface area (TPSA) is 144 Å². The summed E-state index contributed by atoms with van der Waals surface area (Å²) in [5.41, 5.74) is 7.45. The first-order chi connectivity index (χ1) is 29.0. The SMILES string of the molecule is COc1cccc(O)c1[C@H]1C2=CC[C@@H]3C(=O)N(c4ccc(N=Nc5ccc(N(C)C)cc5)cc4)C(=O)[C@@H]3[C@@H]2C[C@H]2C(=O)N(Nc3ccc(C)cc3)C(=O)[C@@]12c1ccccc1. The van der Waals surface area contributed by atoms with Crippen LogP contribution in [0.3, 0.4) is 0 Å². The number of aromatic hydroxyl groups is 1. The van der Waals surface area contributed by atoms with Crippen LogP contribution in [0.4, 0.5) is 28.4 Å². The number of carbonyl (C=O) groups is 4. The number of methoxy groups -OCH3 is 1. The van der Waals surface area contributed by atoms with Gasteiger partial charge in [0.05, 0.1) is 53.0 Å². The number of fused-ring (bicyclic) bond motifs is 4. The molecule has 5 aromatic rings. The first kappa shape index (κ1) is 38.4. The van der Waals surface area contributed by atoms with Crippen molar-refractivity contribution in [2.45, 2.75) is 31.1 Å². The Morgan fingerprint density at radius 3 is 2.08 bits per heavy atom. The molecule has 3 fully saturated rings. The Balaban J connectivity index is 1.11. The molecule has 1 saturated carbocycles. The largest absolute Gasteiger partial charge is 0.508 e. The van der Waals surface area contributed by atoms with Crippen molar-refractivity contribution in [2.75, 3.05) is 36.4 Å². The predicted octanol–water partition coefficient (Wildman–Crippen LogP) is 8.38. The minimum atomic E-state index is -1.55. The average Bonchev–Trinajstić information content (AvgIpc) is 3.64. The van der Waals surface area contributed by atoms with Gasteiger partial charge in [-0.25, -0.2) is 0 Å². The minimum absolute atomic E-state index is 0.111. The lowest BCUT2D eigenvalue weighted by molar-refractivity contribution is -0.138. The molecule has 302 valence electrons. The number of hydrogen-bond acceptors (Lipinski definition) is 10. The predicted molar refractivity (Wildman–Crippen MR) is 227 cm³/mol. The highest BCUT2D eigenvalue weighted by molar-refractivity contribution is 6.22. The van der Waals surface area contributed by atoms with Gasteiger partial charge in [-0.2, -0.15) is 15.2 Å². The molecule has 5 aromatic carbocycles. The number of rotatable bonds is 9. The molecule has 4 aliphatic rings. The molecule has 0 bridgehead atoms. The molecule has 0 radical (unpaired) electrons. The Bertz CT molecular complexity index is 2570. The summed E-state index contributed by atoms with van der Waals surface area (Å²) in [6.07, 6.45) is 2.30. The highest BCUT2D eigenvalue weighted by Gasteiger charge is 2.71. The molecule has 0 spiro atoms. The number of ether oxygens (including phenoxy) is 1. The first-order valence-electron chi connectivity index (χ1n) is 20.0. The highest BCUT2D eigenvalue weighted by atomic mass is 16.5. The number of hydrazine groups is 1. The number of phenols is 1. The van der Waals surface area contributed by atoms with Crippen LogP contribution in [-0.4, -0.2) is 54.9 Å². The van der Waals surface area contributed by atoms with Crippen LogP contribution < -0.4 is 20.0 Å². The third-order valence-electron chi connectivity index (χ3n) is 12.7. The number of carbonyl (C=O) groups excluding carboxylic acids is 4. The Hall–Kier alpha value is -7.08. The number of imide groups is 2. The zero-order valence-electron chi connectivity index (χ0n) is 33.6. The summed E-state index contributed by atoms with van der Waals surface area (Å²) in [5, 5.41) is 21.6. The lowest BCUT2D eigenvalue weighted by Crippen LogP contribution is -2.53. The van der Waals surface area contributed by atoms with Crippen LogP contribution in [0.1, 0.15) is 35.4 Å². The van der Waals surface area contributed by atoms with E-state index in [0.29, 0.717) is 45.2 Å². The van der Waals surface area contributed by atoms with Crippen molar-refractivity contribution in [1.82, 2.24) is 5.01 Å². The van der Waals surface area contributed by atoms with Crippen molar-refractivity contribution >= 4 is 52.1 Å². The van der Waals surface area contributed by atoms with E-state index in [1.807, 2.05) is 98.7 Å². The molecule has 9 rings (SSSR count). The zero-order chi connectivity index (χ0) is 41.9. The van der Waals surface area contributed by atoms with Gasteiger partial charge in [-0.1, -0.05) is 65.7 Å². The summed E-state index contributed by atoms with van der Waals surface area (Å²) in [7, 11) is 5.42. The summed E-state index contributed by atoms with van der Waals surface area (Å²) in [6, 6.07) is 36.0. The van der Waals surface area contributed by atoms with E-state index in [1.54, 1.807) is 54.6 Å². The van der Waals surface area contributed by atoms with Crippen molar-refractivity contribution < 1.29 is 29.0 Å². The molecule has 60 heavy (non-hydrogen) atoms. The van der Waals surface area contributed by atoms with Crippen molar-refractivity contribution in [3.63, 3.8) is 0 Å². The molecule has 6 atom stereocenters. The second-order valence-corrected chi connectivity index (χ2v) is 16.1. The molecular formula is C48H44N6O6. The highest BCUT2D eigenvalue weighted by Crippen LogP contribution is 2.66. The molecule has 4 amide bonds. The molecule has 0 unspecified atom stereocenters. The number of nitrogens with zero attached hydrogens (tertiary/aromatic N) is 5. The second-order valence-electron chi connectivity index (χ2n) is 16.1. The number of allylic oxidation sites excluding steroid dienone is 2. The van der Waals surface area contributed by atoms with Crippen LogP contribution in [0.5, 0.6) is 11.5 Å². The Morgan fingerprint density at radius 2 is 1.43 bits per heavy atom. The third-order valence-corrected chi connectivity index (χ3v) is 12.7. The number of benzene rings is 5. The quantitative estimate of drug-likeness (QED) is 0.0860. The van der Waals surface area contributed by atoms with E-state index in [2.05, 4.69) is 15.7 Å². The van der Waals surface area contributed by atoms with E-state index >= 15 is 4.79 Å². The van der Waals surface area contributed by atoms with E-state index in [1.165, 1.54) is 12.0 Å². The van der Waals surface area contributed by atoms with Gasteiger partial charge in [-0.15, -0.1) is 0 Å². The molecule has 2 N–H and O–H groups in total. The molecule has 2 heterocycles. The molecule has 0 aromatic heterocycles. The van der Waals surface area contributed by atoms with Gasteiger partial charge >= 0.3 is 0 Å². The van der Waals surface area contributed by atoms with Crippen LogP contribution in [0.15, 0.2) is 143 Å². The Kier molecular flexibility index (Phi) is 9.57. The number of anilines is 3. The normalized spacial score (nSPS) is 24.6. The van der Waals surface area contributed by atoms with E-state index in [-0.39, 0.29) is 30.4 Å². The molecule has 2 aliphatic heterocycles. The van der Waals surface area contributed by atoms with Crippen LogP contribution in [0.25, 0.3) is 0 Å². The number of amides is 4. The lowest BCUT2D eigenvalue weighted by atomic mass is 9.49. The molecule has 12 heteroatoms. The Labute approximate surface area is 347 Å². The van der Waals surface area contributed by atoms with Crippen molar-refractivity contribution in [1.29, 1.82) is 0 Å². The lowest BCUT2D eigenvalue weighted by Gasteiger charge is -2.50. The van der Waals surface area contributed by atoms with Crippen LogP contribution in [0, 0.1) is 30.6 Å². The van der Waals surface area contributed by atoms with Gasteiger partial charge in [0.15, 0.2) is 0 Å². The van der Waals surface area contributed by atoms with E-state index in [9.17, 15) is 19.5 Å². The van der Waals surface area contributed by atoms with Crippen molar-refractivity contribution in [3.8, 4) is 11.5 Å². The maximum Gasteiger partial charge on any atom is 0.260 e. The zero-order valence-corrected chi connectivity index (χ0v) is 33.6. The van der Waals surface area contributed by atoms with Gasteiger partial charge < -0.3 is 14.7 Å². The second kappa shape index (κ2) is 14.9. The van der Waals surface area contributed by atoms with Gasteiger partial charge in [0.25, 0.3) is 11.8 Å².